The summed E-state index contributed by atoms with van der Waals surface area (Å²) in [5, 5.41) is 15.1. The fraction of sp³-hybridized carbons (Fsp3) is 0.154. The maximum atomic E-state index is 12.2. The lowest BCUT2D eigenvalue weighted by Gasteiger charge is -2.08. The monoisotopic (exact) mass is 353 g/mol. The Bertz CT molecular complexity index is 684. The smallest absolute Gasteiger partial charge is 0.325 e. The first-order valence-electron chi connectivity index (χ1n) is 5.88. The van der Waals surface area contributed by atoms with Gasteiger partial charge in [0.2, 0.25) is 0 Å². The number of carboxylic acid groups (broad SMARTS) is 1. The Hall–Kier alpha value is -2.35. The molecule has 0 bridgehead atoms. The van der Waals surface area contributed by atoms with Crippen molar-refractivity contribution in [2.45, 2.75) is 6.54 Å². The van der Waals surface area contributed by atoms with Crippen molar-refractivity contribution in [1.29, 1.82) is 0 Å². The average Bonchev–Trinajstić information content (AvgIpc) is 2.84. The van der Waals surface area contributed by atoms with Crippen molar-refractivity contribution in [3.05, 3.63) is 40.6 Å². The molecule has 21 heavy (non-hydrogen) atoms. The Labute approximate surface area is 128 Å². The van der Waals surface area contributed by atoms with Gasteiger partial charge in [0.15, 0.2) is 0 Å². The number of aliphatic carboxylic acids is 1. The number of halogens is 1. The minimum absolute atomic E-state index is 0.266. The normalized spacial score (nSPS) is 10.2. The summed E-state index contributed by atoms with van der Waals surface area (Å²) in [7, 11) is 1.48. The molecule has 2 aromatic rings. The zero-order chi connectivity index (χ0) is 15.4. The molecule has 0 fully saturated rings. The van der Waals surface area contributed by atoms with Gasteiger partial charge >= 0.3 is 5.97 Å². The molecule has 0 atom stereocenters. The highest BCUT2D eigenvalue weighted by atomic mass is 79.9. The van der Waals surface area contributed by atoms with Gasteiger partial charge in [0.05, 0.1) is 24.6 Å². The first-order chi connectivity index (χ1) is 9.99. The minimum atomic E-state index is -1.01. The van der Waals surface area contributed by atoms with Crippen LogP contribution in [0.1, 0.15) is 10.4 Å². The Balaban J connectivity index is 2.14. The third kappa shape index (κ3) is 3.82. The minimum Gasteiger partial charge on any atom is -0.496 e. The zero-order valence-corrected chi connectivity index (χ0v) is 12.6. The zero-order valence-electron chi connectivity index (χ0n) is 11.0. The van der Waals surface area contributed by atoms with Crippen LogP contribution in [-0.4, -0.2) is 33.9 Å². The number of amides is 1. The van der Waals surface area contributed by atoms with E-state index in [1.807, 2.05) is 0 Å². The molecule has 7 nitrogen and oxygen atoms in total. The Morgan fingerprint density at radius 2 is 2.24 bits per heavy atom. The van der Waals surface area contributed by atoms with Crippen LogP contribution in [-0.2, 0) is 11.3 Å². The predicted octanol–water partition coefficient (Wildman–Crippen LogP) is 1.99. The number of ether oxygens (including phenoxy) is 1. The van der Waals surface area contributed by atoms with E-state index in [0.29, 0.717) is 17.0 Å². The molecule has 2 N–H and O–H groups in total. The number of methoxy groups -OCH3 is 1. The molecule has 0 spiro atoms. The number of anilines is 1. The van der Waals surface area contributed by atoms with Gasteiger partial charge in [0.25, 0.3) is 5.91 Å². The van der Waals surface area contributed by atoms with E-state index in [-0.39, 0.29) is 12.5 Å². The van der Waals surface area contributed by atoms with Crippen molar-refractivity contribution in [3.63, 3.8) is 0 Å². The van der Waals surface area contributed by atoms with Crippen molar-refractivity contribution >= 4 is 33.5 Å². The molecule has 0 radical (unpaired) electrons. The second-order valence-corrected chi connectivity index (χ2v) is 5.03. The number of nitrogens with zero attached hydrogens (tertiary/aromatic N) is 2. The molecule has 0 saturated heterocycles. The molecule has 110 valence electrons. The number of carboxylic acids is 1. The fourth-order valence-electron chi connectivity index (χ4n) is 1.70. The molecule has 0 aliphatic heterocycles. The first-order valence-corrected chi connectivity index (χ1v) is 6.68. The van der Waals surface area contributed by atoms with E-state index in [1.54, 1.807) is 18.2 Å². The lowest BCUT2D eigenvalue weighted by Crippen LogP contribution is -2.13. The van der Waals surface area contributed by atoms with Crippen LogP contribution in [0.25, 0.3) is 0 Å². The summed E-state index contributed by atoms with van der Waals surface area (Å²) in [4.78, 5) is 22.7. The Kier molecular flexibility index (Phi) is 4.59. The lowest BCUT2D eigenvalue weighted by molar-refractivity contribution is -0.137. The van der Waals surface area contributed by atoms with Gasteiger partial charge in [-0.3, -0.25) is 14.3 Å². The summed E-state index contributed by atoms with van der Waals surface area (Å²) in [5.74, 6) is -0.945. The van der Waals surface area contributed by atoms with Crippen LogP contribution in [0.15, 0.2) is 35.1 Å². The summed E-state index contributed by atoms with van der Waals surface area (Å²) in [6.07, 6.45) is 2.82. The van der Waals surface area contributed by atoms with Crippen molar-refractivity contribution in [1.82, 2.24) is 9.78 Å². The van der Waals surface area contributed by atoms with Gasteiger partial charge in [0, 0.05) is 10.7 Å². The molecule has 1 heterocycles. The highest BCUT2D eigenvalue weighted by Gasteiger charge is 2.14. The molecule has 2 rings (SSSR count). The van der Waals surface area contributed by atoms with Crippen LogP contribution in [0.4, 0.5) is 5.69 Å². The molecule has 1 aromatic heterocycles. The summed E-state index contributed by atoms with van der Waals surface area (Å²) < 4.78 is 7.17. The van der Waals surface area contributed by atoms with E-state index in [9.17, 15) is 9.59 Å². The van der Waals surface area contributed by atoms with Crippen LogP contribution in [0.2, 0.25) is 0 Å². The summed E-state index contributed by atoms with van der Waals surface area (Å²) in [6.45, 7) is -0.266. The molecular weight excluding hydrogens is 342 g/mol. The van der Waals surface area contributed by atoms with Gasteiger partial charge in [-0.25, -0.2) is 0 Å². The second-order valence-electron chi connectivity index (χ2n) is 4.12. The quantitative estimate of drug-likeness (QED) is 0.857. The van der Waals surface area contributed by atoms with E-state index in [4.69, 9.17) is 9.84 Å². The van der Waals surface area contributed by atoms with Crippen LogP contribution in [0.3, 0.4) is 0 Å². The van der Waals surface area contributed by atoms with Gasteiger partial charge in [-0.15, -0.1) is 0 Å². The van der Waals surface area contributed by atoms with E-state index in [0.717, 1.165) is 4.47 Å². The van der Waals surface area contributed by atoms with E-state index < -0.39 is 5.97 Å². The third-order valence-electron chi connectivity index (χ3n) is 2.60. The number of rotatable bonds is 5. The maximum Gasteiger partial charge on any atom is 0.325 e. The highest BCUT2D eigenvalue weighted by molar-refractivity contribution is 9.10. The lowest BCUT2D eigenvalue weighted by atomic mass is 10.2. The number of nitrogens with one attached hydrogen (secondary N) is 1. The number of carbonyl (C=O) groups is 2. The molecular formula is C13H12BrN3O4. The van der Waals surface area contributed by atoms with Crippen molar-refractivity contribution in [2.24, 2.45) is 0 Å². The highest BCUT2D eigenvalue weighted by Crippen LogP contribution is 2.24. The molecule has 0 aliphatic rings. The van der Waals surface area contributed by atoms with E-state index >= 15 is 0 Å². The third-order valence-corrected chi connectivity index (χ3v) is 3.09. The summed E-state index contributed by atoms with van der Waals surface area (Å²) in [5.41, 5.74) is 0.776. The van der Waals surface area contributed by atoms with E-state index in [1.165, 1.54) is 24.2 Å². The van der Waals surface area contributed by atoms with Gasteiger partial charge < -0.3 is 15.2 Å². The Morgan fingerprint density at radius 1 is 1.48 bits per heavy atom. The van der Waals surface area contributed by atoms with E-state index in [2.05, 4.69) is 26.3 Å². The largest absolute Gasteiger partial charge is 0.496 e. The van der Waals surface area contributed by atoms with Crippen LogP contribution >= 0.6 is 15.9 Å². The number of benzene rings is 1. The number of carbonyl (C=O) groups excluding carboxylic acids is 1. The predicted molar refractivity (Wildman–Crippen MR) is 78.5 cm³/mol. The van der Waals surface area contributed by atoms with Crippen LogP contribution < -0.4 is 10.1 Å². The van der Waals surface area contributed by atoms with Crippen molar-refractivity contribution in [2.75, 3.05) is 12.4 Å². The summed E-state index contributed by atoms with van der Waals surface area (Å²) >= 11 is 3.30. The van der Waals surface area contributed by atoms with Gasteiger partial charge in [-0.05, 0) is 18.2 Å². The molecule has 0 saturated carbocycles. The number of hydrogen-bond acceptors (Lipinski definition) is 4. The van der Waals surface area contributed by atoms with Crippen LogP contribution in [0.5, 0.6) is 5.75 Å². The average molecular weight is 354 g/mol. The molecule has 1 aromatic carbocycles. The van der Waals surface area contributed by atoms with Crippen molar-refractivity contribution in [3.8, 4) is 5.75 Å². The SMILES string of the molecule is COc1cc(Br)ccc1C(=O)Nc1cnn(CC(=O)O)c1. The van der Waals surface area contributed by atoms with Gasteiger partial charge in [-0.2, -0.15) is 5.10 Å². The topological polar surface area (TPSA) is 93.5 Å². The fourth-order valence-corrected chi connectivity index (χ4v) is 2.04. The number of hydrogen-bond donors (Lipinski definition) is 2. The standard InChI is InChI=1S/C13H12BrN3O4/c1-21-11-4-8(14)2-3-10(11)13(20)16-9-5-15-17(6-9)7-12(18)19/h2-6H,7H2,1H3,(H,16,20)(H,18,19). The second kappa shape index (κ2) is 6.40. The maximum absolute atomic E-state index is 12.2. The molecule has 0 unspecified atom stereocenters. The number of aromatic nitrogens is 2. The van der Waals surface area contributed by atoms with Crippen molar-refractivity contribution < 1.29 is 19.4 Å². The molecule has 1 amide bonds. The van der Waals surface area contributed by atoms with Crippen LogP contribution in [0, 0.1) is 0 Å². The molecule has 8 heteroatoms. The molecule has 0 aliphatic carbocycles. The van der Waals surface area contributed by atoms with Gasteiger partial charge in [-0.1, -0.05) is 15.9 Å². The Morgan fingerprint density at radius 3 is 2.90 bits per heavy atom. The summed E-state index contributed by atoms with van der Waals surface area (Å²) in [6, 6.07) is 5.04. The first kappa shape index (κ1) is 15.0. The van der Waals surface area contributed by atoms with Gasteiger partial charge in [0.1, 0.15) is 12.3 Å².